The zero-order valence-electron chi connectivity index (χ0n) is 10.6. The van der Waals surface area contributed by atoms with Crippen LogP contribution in [0, 0.1) is 18.3 Å². The molecule has 0 saturated carbocycles. The first-order valence-electron chi connectivity index (χ1n) is 5.43. The van der Waals surface area contributed by atoms with E-state index in [1.165, 1.54) is 0 Å². The predicted octanol–water partition coefficient (Wildman–Crippen LogP) is 3.13. The second-order valence-corrected chi connectivity index (χ2v) is 9.65. The Morgan fingerprint density at radius 3 is 2.71 bits per heavy atom. The molecule has 3 nitrogen and oxygen atoms in total. The summed E-state index contributed by atoms with van der Waals surface area (Å²) < 4.78 is 5.95. The average Bonchev–Trinajstić information content (AvgIpc) is 2.28. The van der Waals surface area contributed by atoms with Gasteiger partial charge < -0.3 is 4.43 Å². The van der Waals surface area contributed by atoms with Crippen LogP contribution in [0.1, 0.15) is 18.2 Å². The van der Waals surface area contributed by atoms with Crippen molar-refractivity contribution in [3.8, 4) is 6.07 Å². The van der Waals surface area contributed by atoms with Gasteiger partial charge in [-0.1, -0.05) is 0 Å². The van der Waals surface area contributed by atoms with Crippen molar-refractivity contribution in [2.75, 3.05) is 5.50 Å². The first-order valence-corrected chi connectivity index (χ1v) is 9.08. The minimum Gasteiger partial charge on any atom is -0.394 e. The van der Waals surface area contributed by atoms with E-state index in [-0.39, 0.29) is 0 Å². The van der Waals surface area contributed by atoms with Crippen LogP contribution in [0.5, 0.6) is 0 Å². The lowest BCUT2D eigenvalue weighted by Crippen LogP contribution is -2.42. The van der Waals surface area contributed by atoms with Crippen molar-refractivity contribution in [2.24, 2.45) is 0 Å². The summed E-state index contributed by atoms with van der Waals surface area (Å²) in [5, 5.41) is 9.35. The molecule has 0 aliphatic carbocycles. The smallest absolute Gasteiger partial charge is 0.203 e. The van der Waals surface area contributed by atoms with Crippen LogP contribution in [0.15, 0.2) is 18.3 Å². The highest BCUT2D eigenvalue weighted by Crippen LogP contribution is 2.28. The Kier molecular flexibility index (Phi) is 4.31. The number of alkyl halides is 1. The highest BCUT2D eigenvalue weighted by Gasteiger charge is 2.37. The Morgan fingerprint density at radius 2 is 2.24 bits per heavy atom. The molecule has 0 N–H and O–H groups in total. The molecule has 1 atom stereocenters. The molecule has 1 aromatic heterocycles. The maximum atomic E-state index is 9.35. The van der Waals surface area contributed by atoms with Gasteiger partial charge in [0.1, 0.15) is 6.07 Å². The molecule has 0 spiro atoms. The van der Waals surface area contributed by atoms with Crippen molar-refractivity contribution in [2.45, 2.75) is 32.5 Å². The van der Waals surface area contributed by atoms with Crippen LogP contribution in [-0.4, -0.2) is 18.8 Å². The van der Waals surface area contributed by atoms with Crippen LogP contribution in [0.25, 0.3) is 0 Å². The summed E-state index contributed by atoms with van der Waals surface area (Å²) >= 11 is 5.88. The molecule has 0 aliphatic heterocycles. The van der Waals surface area contributed by atoms with E-state index in [1.54, 1.807) is 13.1 Å². The van der Waals surface area contributed by atoms with E-state index < -0.39 is 13.9 Å². The van der Waals surface area contributed by atoms with E-state index in [1.807, 2.05) is 32.2 Å². The van der Waals surface area contributed by atoms with E-state index in [9.17, 15) is 5.26 Å². The highest BCUT2D eigenvalue weighted by atomic mass is 35.5. The summed E-state index contributed by atoms with van der Waals surface area (Å²) in [6.07, 6.45) is 1.69. The van der Waals surface area contributed by atoms with E-state index in [0.29, 0.717) is 11.2 Å². The molecule has 1 aromatic rings. The van der Waals surface area contributed by atoms with Crippen LogP contribution in [-0.2, 0) is 10.0 Å². The number of nitriles is 1. The quantitative estimate of drug-likeness (QED) is 0.623. The fourth-order valence-corrected chi connectivity index (χ4v) is 2.98. The van der Waals surface area contributed by atoms with Gasteiger partial charge in [0.25, 0.3) is 0 Å². The third kappa shape index (κ3) is 3.53. The first kappa shape index (κ1) is 14.2. The summed E-state index contributed by atoms with van der Waals surface area (Å²) in [7, 11) is -2.03. The minimum absolute atomic E-state index is 0.454. The van der Waals surface area contributed by atoms with Gasteiger partial charge in [0.05, 0.1) is 5.69 Å². The zero-order valence-corrected chi connectivity index (χ0v) is 12.4. The lowest BCUT2D eigenvalue weighted by atomic mass is 10.0. The number of pyridine rings is 1. The summed E-state index contributed by atoms with van der Waals surface area (Å²) in [4.78, 5) is 4.23. The Bertz CT molecular complexity index is 444. The Hall–Kier alpha value is -0.893. The molecule has 0 saturated heterocycles. The van der Waals surface area contributed by atoms with Gasteiger partial charge in [0.2, 0.25) is 8.32 Å². The first-order chi connectivity index (χ1) is 7.83. The summed E-state index contributed by atoms with van der Waals surface area (Å²) in [6, 6.07) is 5.97. The van der Waals surface area contributed by atoms with Gasteiger partial charge in [-0.2, -0.15) is 5.26 Å². The van der Waals surface area contributed by atoms with Crippen LogP contribution in [0.3, 0.4) is 0 Å². The number of rotatable bonds is 4. The minimum atomic E-state index is -2.03. The van der Waals surface area contributed by atoms with Crippen molar-refractivity contribution < 1.29 is 4.43 Å². The van der Waals surface area contributed by atoms with Gasteiger partial charge >= 0.3 is 0 Å². The standard InChI is InChI=1S/C12H17ClN2OSi/c1-10-5-6-15-11(7-10)12(2,8-14)16-17(3,4)9-13/h5-7H,9H2,1-4H3. The summed E-state index contributed by atoms with van der Waals surface area (Å²) in [5.41, 5.74) is 1.14. The van der Waals surface area contributed by atoms with Gasteiger partial charge in [-0.15, -0.1) is 11.6 Å². The van der Waals surface area contributed by atoms with Gasteiger partial charge in [-0.25, -0.2) is 0 Å². The molecule has 1 rings (SSSR count). The van der Waals surface area contributed by atoms with Crippen molar-refractivity contribution >= 4 is 19.9 Å². The maximum absolute atomic E-state index is 9.35. The lowest BCUT2D eigenvalue weighted by molar-refractivity contribution is 0.135. The fraction of sp³-hybridized carbons (Fsp3) is 0.500. The van der Waals surface area contributed by atoms with Gasteiger partial charge in [0, 0.05) is 11.7 Å². The lowest BCUT2D eigenvalue weighted by Gasteiger charge is -2.31. The topological polar surface area (TPSA) is 45.9 Å². The van der Waals surface area contributed by atoms with Crippen molar-refractivity contribution in [1.29, 1.82) is 5.26 Å². The number of hydrogen-bond acceptors (Lipinski definition) is 3. The largest absolute Gasteiger partial charge is 0.394 e. The van der Waals surface area contributed by atoms with Crippen molar-refractivity contribution in [1.82, 2.24) is 4.98 Å². The summed E-state index contributed by atoms with van der Waals surface area (Å²) in [5.74, 6) is 0. The Morgan fingerprint density at radius 1 is 1.59 bits per heavy atom. The maximum Gasteiger partial charge on any atom is 0.203 e. The molecule has 0 aromatic carbocycles. The van der Waals surface area contributed by atoms with E-state index in [2.05, 4.69) is 11.1 Å². The molecule has 0 aliphatic rings. The molecule has 5 heteroatoms. The Balaban J connectivity index is 3.09. The molecular formula is C12H17ClN2OSi. The summed E-state index contributed by atoms with van der Waals surface area (Å²) in [6.45, 7) is 7.69. The zero-order chi connectivity index (χ0) is 13.1. The second-order valence-electron chi connectivity index (χ2n) is 4.86. The normalized spacial score (nSPS) is 15.1. The number of aryl methyl sites for hydroxylation is 1. The van der Waals surface area contributed by atoms with E-state index in [4.69, 9.17) is 16.0 Å². The van der Waals surface area contributed by atoms with Gasteiger partial charge in [-0.3, -0.25) is 4.98 Å². The second kappa shape index (κ2) is 5.17. The van der Waals surface area contributed by atoms with Gasteiger partial charge in [0.15, 0.2) is 5.60 Å². The SMILES string of the molecule is Cc1ccnc(C(C)(C#N)O[Si](C)(C)CCl)c1. The van der Waals surface area contributed by atoms with Crippen molar-refractivity contribution in [3.63, 3.8) is 0 Å². The molecule has 1 heterocycles. The fourth-order valence-electron chi connectivity index (χ4n) is 1.51. The third-order valence-corrected chi connectivity index (χ3v) is 5.96. The van der Waals surface area contributed by atoms with Crippen LogP contribution < -0.4 is 0 Å². The van der Waals surface area contributed by atoms with E-state index >= 15 is 0 Å². The van der Waals surface area contributed by atoms with Gasteiger partial charge in [-0.05, 0) is 44.6 Å². The molecule has 0 bridgehead atoms. The number of nitrogens with zero attached hydrogens (tertiary/aromatic N) is 2. The number of aromatic nitrogens is 1. The molecule has 0 amide bonds. The number of halogens is 1. The highest BCUT2D eigenvalue weighted by molar-refractivity contribution is 6.77. The number of hydrogen-bond donors (Lipinski definition) is 0. The molecule has 1 unspecified atom stereocenters. The average molecular weight is 269 g/mol. The Labute approximate surface area is 109 Å². The van der Waals surface area contributed by atoms with Crippen LogP contribution in [0.4, 0.5) is 0 Å². The predicted molar refractivity (Wildman–Crippen MR) is 71.2 cm³/mol. The molecule has 0 fully saturated rings. The molecule has 92 valence electrons. The molecule has 17 heavy (non-hydrogen) atoms. The van der Waals surface area contributed by atoms with Crippen molar-refractivity contribution in [3.05, 3.63) is 29.6 Å². The van der Waals surface area contributed by atoms with E-state index in [0.717, 1.165) is 5.56 Å². The third-order valence-electron chi connectivity index (χ3n) is 2.42. The molecule has 0 radical (unpaired) electrons. The molecular weight excluding hydrogens is 252 g/mol. The van der Waals surface area contributed by atoms with Crippen LogP contribution >= 0.6 is 11.6 Å². The van der Waals surface area contributed by atoms with Crippen LogP contribution in [0.2, 0.25) is 13.1 Å². The monoisotopic (exact) mass is 268 g/mol.